The van der Waals surface area contributed by atoms with Gasteiger partial charge in [0.25, 0.3) is 0 Å². The van der Waals surface area contributed by atoms with Gasteiger partial charge >= 0.3 is 0 Å². The van der Waals surface area contributed by atoms with Crippen molar-refractivity contribution in [2.75, 3.05) is 12.4 Å². The molecule has 0 heterocycles. The van der Waals surface area contributed by atoms with Gasteiger partial charge in [-0.2, -0.15) is 0 Å². The third kappa shape index (κ3) is 3.64. The molecular weight excluding hydrogens is 326 g/mol. The van der Waals surface area contributed by atoms with Crippen molar-refractivity contribution in [1.29, 1.82) is 0 Å². The van der Waals surface area contributed by atoms with Crippen molar-refractivity contribution in [2.24, 2.45) is 0 Å². The van der Waals surface area contributed by atoms with Crippen LogP contribution in [0.2, 0.25) is 5.02 Å². The molecule has 2 aromatic rings. The van der Waals surface area contributed by atoms with Crippen LogP contribution in [0.5, 0.6) is 5.75 Å². The Morgan fingerprint density at radius 1 is 1.21 bits per heavy atom. The van der Waals surface area contributed by atoms with Crippen molar-refractivity contribution in [2.45, 2.75) is 13.5 Å². The van der Waals surface area contributed by atoms with Crippen LogP contribution in [0.4, 0.5) is 5.69 Å². The zero-order valence-electron chi connectivity index (χ0n) is 10.8. The van der Waals surface area contributed by atoms with E-state index in [2.05, 4.69) is 46.4 Å². The summed E-state index contributed by atoms with van der Waals surface area (Å²) in [6.45, 7) is 2.78. The lowest BCUT2D eigenvalue weighted by atomic mass is 10.1. The fraction of sp³-hybridized carbons (Fsp3) is 0.200. The number of hydrogen-bond donors (Lipinski definition) is 1. The van der Waals surface area contributed by atoms with Crippen molar-refractivity contribution < 1.29 is 4.74 Å². The molecule has 0 amide bonds. The van der Waals surface area contributed by atoms with Crippen molar-refractivity contribution >= 4 is 33.2 Å². The third-order valence-electron chi connectivity index (χ3n) is 2.84. The minimum atomic E-state index is 0.686. The number of ether oxygens (including phenoxy) is 1. The van der Waals surface area contributed by atoms with Crippen LogP contribution in [0, 0.1) is 6.92 Å². The van der Waals surface area contributed by atoms with E-state index >= 15 is 0 Å². The first-order valence-corrected chi connectivity index (χ1v) is 7.09. The Labute approximate surface area is 126 Å². The summed E-state index contributed by atoms with van der Waals surface area (Å²) < 4.78 is 6.40. The van der Waals surface area contributed by atoms with E-state index in [1.165, 1.54) is 11.1 Å². The highest BCUT2D eigenvalue weighted by atomic mass is 79.9. The topological polar surface area (TPSA) is 21.3 Å². The fourth-order valence-corrected chi connectivity index (χ4v) is 2.61. The summed E-state index contributed by atoms with van der Waals surface area (Å²) in [6, 6.07) is 11.8. The molecule has 0 radical (unpaired) electrons. The molecule has 0 fully saturated rings. The molecule has 0 bridgehead atoms. The number of hydrogen-bond acceptors (Lipinski definition) is 2. The zero-order valence-corrected chi connectivity index (χ0v) is 13.2. The van der Waals surface area contributed by atoms with Gasteiger partial charge in [0.2, 0.25) is 0 Å². The summed E-state index contributed by atoms with van der Waals surface area (Å²) in [5.41, 5.74) is 3.31. The minimum Gasteiger partial charge on any atom is -0.495 e. The molecule has 19 heavy (non-hydrogen) atoms. The van der Waals surface area contributed by atoms with Crippen LogP contribution in [-0.4, -0.2) is 7.11 Å². The minimum absolute atomic E-state index is 0.686. The highest BCUT2D eigenvalue weighted by Crippen LogP contribution is 2.29. The van der Waals surface area contributed by atoms with Gasteiger partial charge in [0, 0.05) is 16.0 Å². The number of benzene rings is 2. The first-order valence-electron chi connectivity index (χ1n) is 5.92. The molecule has 2 aromatic carbocycles. The molecule has 2 rings (SSSR count). The molecule has 0 unspecified atom stereocenters. The van der Waals surface area contributed by atoms with Crippen LogP contribution < -0.4 is 10.1 Å². The lowest BCUT2D eigenvalue weighted by molar-refractivity contribution is 0.416. The summed E-state index contributed by atoms with van der Waals surface area (Å²) in [4.78, 5) is 0. The second kappa shape index (κ2) is 6.31. The van der Waals surface area contributed by atoms with E-state index in [9.17, 15) is 0 Å². The Kier molecular flexibility index (Phi) is 4.72. The molecule has 2 nitrogen and oxygen atoms in total. The van der Waals surface area contributed by atoms with Crippen LogP contribution in [0.1, 0.15) is 11.1 Å². The molecule has 4 heteroatoms. The normalized spacial score (nSPS) is 10.3. The van der Waals surface area contributed by atoms with E-state index in [4.69, 9.17) is 16.3 Å². The largest absolute Gasteiger partial charge is 0.495 e. The summed E-state index contributed by atoms with van der Waals surface area (Å²) in [5, 5.41) is 4.03. The predicted molar refractivity (Wildman–Crippen MR) is 84.2 cm³/mol. The highest BCUT2D eigenvalue weighted by molar-refractivity contribution is 9.10. The zero-order chi connectivity index (χ0) is 13.8. The van der Waals surface area contributed by atoms with E-state index in [1.54, 1.807) is 7.11 Å². The standard InChI is InChI=1S/C15H15BrClNO/c1-10-3-4-11(13(16)7-10)9-18-14-8-12(17)5-6-15(14)19-2/h3-8,18H,9H2,1-2H3. The van der Waals surface area contributed by atoms with Gasteiger partial charge in [0.05, 0.1) is 12.8 Å². The quantitative estimate of drug-likeness (QED) is 0.842. The van der Waals surface area contributed by atoms with Crippen molar-refractivity contribution in [3.05, 3.63) is 57.0 Å². The van der Waals surface area contributed by atoms with Gasteiger partial charge in [-0.05, 0) is 42.3 Å². The van der Waals surface area contributed by atoms with Gasteiger partial charge in [0.1, 0.15) is 5.75 Å². The predicted octanol–water partition coefficient (Wildman–Crippen LogP) is 5.03. The molecule has 0 atom stereocenters. The van der Waals surface area contributed by atoms with Crippen LogP contribution in [-0.2, 0) is 6.54 Å². The van der Waals surface area contributed by atoms with Crippen LogP contribution in [0.3, 0.4) is 0 Å². The second-order valence-corrected chi connectivity index (χ2v) is 5.58. The van der Waals surface area contributed by atoms with E-state index in [0.717, 1.165) is 15.9 Å². The molecule has 0 spiro atoms. The molecule has 0 saturated heterocycles. The monoisotopic (exact) mass is 339 g/mol. The Balaban J connectivity index is 2.16. The maximum absolute atomic E-state index is 6.00. The smallest absolute Gasteiger partial charge is 0.142 e. The number of anilines is 1. The van der Waals surface area contributed by atoms with Crippen LogP contribution in [0.15, 0.2) is 40.9 Å². The molecule has 0 aliphatic carbocycles. The number of halogens is 2. The van der Waals surface area contributed by atoms with Gasteiger partial charge in [-0.3, -0.25) is 0 Å². The van der Waals surface area contributed by atoms with E-state index < -0.39 is 0 Å². The molecule has 1 N–H and O–H groups in total. The average molecular weight is 341 g/mol. The van der Waals surface area contributed by atoms with Gasteiger partial charge in [-0.15, -0.1) is 0 Å². The Bertz CT molecular complexity index is 586. The number of rotatable bonds is 4. The molecule has 100 valence electrons. The summed E-state index contributed by atoms with van der Waals surface area (Å²) in [7, 11) is 1.65. The molecule has 0 aliphatic heterocycles. The molecular formula is C15H15BrClNO. The highest BCUT2D eigenvalue weighted by Gasteiger charge is 2.05. The van der Waals surface area contributed by atoms with Gasteiger partial charge < -0.3 is 10.1 Å². The van der Waals surface area contributed by atoms with Crippen molar-refractivity contribution in [3.8, 4) is 5.75 Å². The van der Waals surface area contributed by atoms with Gasteiger partial charge in [-0.25, -0.2) is 0 Å². The lowest BCUT2D eigenvalue weighted by Crippen LogP contribution is -2.02. The number of methoxy groups -OCH3 is 1. The van der Waals surface area contributed by atoms with Crippen molar-refractivity contribution in [3.63, 3.8) is 0 Å². The summed E-state index contributed by atoms with van der Waals surface area (Å²) >= 11 is 9.58. The first-order chi connectivity index (χ1) is 9.10. The SMILES string of the molecule is COc1ccc(Cl)cc1NCc1ccc(C)cc1Br. The van der Waals surface area contributed by atoms with Crippen LogP contribution >= 0.6 is 27.5 Å². The Morgan fingerprint density at radius 2 is 2.00 bits per heavy atom. The maximum Gasteiger partial charge on any atom is 0.142 e. The van der Waals surface area contributed by atoms with E-state index in [0.29, 0.717) is 11.6 Å². The first kappa shape index (κ1) is 14.2. The van der Waals surface area contributed by atoms with E-state index in [-0.39, 0.29) is 0 Å². The Morgan fingerprint density at radius 3 is 2.68 bits per heavy atom. The maximum atomic E-state index is 6.00. The average Bonchev–Trinajstić information content (AvgIpc) is 2.38. The van der Waals surface area contributed by atoms with Gasteiger partial charge in [-0.1, -0.05) is 39.7 Å². The Hall–Kier alpha value is -1.19. The molecule has 0 aromatic heterocycles. The number of nitrogens with one attached hydrogen (secondary N) is 1. The van der Waals surface area contributed by atoms with Gasteiger partial charge in [0.15, 0.2) is 0 Å². The van der Waals surface area contributed by atoms with Crippen molar-refractivity contribution in [1.82, 2.24) is 0 Å². The third-order valence-corrected chi connectivity index (χ3v) is 3.81. The fourth-order valence-electron chi connectivity index (χ4n) is 1.80. The number of aryl methyl sites for hydroxylation is 1. The van der Waals surface area contributed by atoms with Crippen LogP contribution in [0.25, 0.3) is 0 Å². The summed E-state index contributed by atoms with van der Waals surface area (Å²) in [5.74, 6) is 0.785. The second-order valence-electron chi connectivity index (χ2n) is 4.29. The lowest BCUT2D eigenvalue weighted by Gasteiger charge is -2.12. The molecule has 0 aliphatic rings. The molecule has 0 saturated carbocycles. The summed E-state index contributed by atoms with van der Waals surface area (Å²) in [6.07, 6.45) is 0. The van der Waals surface area contributed by atoms with E-state index in [1.807, 2.05) is 18.2 Å².